The number of benzene rings is 1. The van der Waals surface area contributed by atoms with Crippen LogP contribution in [0.15, 0.2) is 81.6 Å². The van der Waals surface area contributed by atoms with Crippen molar-refractivity contribution >= 4 is 29.3 Å². The van der Waals surface area contributed by atoms with Crippen LogP contribution in [0.4, 0.5) is 18.9 Å². The molecule has 3 rings (SSSR count). The van der Waals surface area contributed by atoms with Crippen molar-refractivity contribution in [2.45, 2.75) is 19.0 Å². The molecule has 11 heteroatoms. The Morgan fingerprint density at radius 3 is 2.74 bits per heavy atom. The molecular weight excluding hydrogens is 483 g/mol. The lowest BCUT2D eigenvalue weighted by Gasteiger charge is -2.27. The number of hydrogen-bond acceptors (Lipinski definition) is 7. The van der Waals surface area contributed by atoms with Crippen LogP contribution in [-0.4, -0.2) is 24.2 Å². The minimum atomic E-state index is -4.54. The molecule has 0 radical (unpaired) electrons. The summed E-state index contributed by atoms with van der Waals surface area (Å²) in [4.78, 5) is 25.1. The number of esters is 1. The highest BCUT2D eigenvalue weighted by molar-refractivity contribution is 8.03. The zero-order chi connectivity index (χ0) is 25.6. The van der Waals surface area contributed by atoms with E-state index in [0.29, 0.717) is 16.5 Å². The van der Waals surface area contributed by atoms with Crippen LogP contribution < -0.4 is 10.6 Å². The first kappa shape index (κ1) is 25.7. The number of alkyl halides is 3. The lowest BCUT2D eigenvalue weighted by atomic mass is 9.86. The van der Waals surface area contributed by atoms with E-state index in [0.717, 1.165) is 23.9 Å². The van der Waals surface area contributed by atoms with Gasteiger partial charge in [0.15, 0.2) is 0 Å². The summed E-state index contributed by atoms with van der Waals surface area (Å²) in [5, 5.41) is 15.6. The fraction of sp³-hybridized carbons (Fsp3) is 0.208. The number of nitrogens with zero attached hydrogens (tertiary/aromatic N) is 1. The van der Waals surface area contributed by atoms with Gasteiger partial charge in [-0.15, -0.1) is 0 Å². The van der Waals surface area contributed by atoms with Crippen molar-refractivity contribution in [2.75, 3.05) is 17.7 Å². The molecule has 0 bridgehead atoms. The minimum absolute atomic E-state index is 0.00620. The topological polar surface area (TPSA) is 104 Å². The smallest absolute Gasteiger partial charge is 0.416 e. The number of halogens is 3. The van der Waals surface area contributed by atoms with Gasteiger partial charge in [-0.25, -0.2) is 4.79 Å². The quantitative estimate of drug-likeness (QED) is 0.382. The summed E-state index contributed by atoms with van der Waals surface area (Å²) in [6.07, 6.45) is -1.72. The predicted octanol–water partition coefficient (Wildman–Crippen LogP) is 5.10. The molecule has 2 N–H and O–H groups in total. The first-order valence-corrected chi connectivity index (χ1v) is 11.2. The van der Waals surface area contributed by atoms with Crippen molar-refractivity contribution in [3.63, 3.8) is 0 Å². The van der Waals surface area contributed by atoms with E-state index in [2.05, 4.69) is 23.3 Å². The highest BCUT2D eigenvalue weighted by Crippen LogP contribution is 2.41. The molecule has 7 nitrogen and oxygen atoms in total. The number of carbonyl (C=O) groups is 2. The van der Waals surface area contributed by atoms with Crippen LogP contribution in [0.5, 0.6) is 0 Å². The number of hydrogen-bond donors (Lipinski definition) is 2. The Kier molecular flexibility index (Phi) is 8.09. The molecule has 0 saturated carbocycles. The highest BCUT2D eigenvalue weighted by Gasteiger charge is 2.37. The van der Waals surface area contributed by atoms with E-state index < -0.39 is 29.5 Å². The van der Waals surface area contributed by atoms with E-state index in [9.17, 15) is 28.0 Å². The van der Waals surface area contributed by atoms with Gasteiger partial charge >= 0.3 is 12.1 Å². The van der Waals surface area contributed by atoms with Gasteiger partial charge in [-0.05, 0) is 37.3 Å². The zero-order valence-electron chi connectivity index (χ0n) is 18.4. The number of anilines is 1. The van der Waals surface area contributed by atoms with Crippen LogP contribution in [0.2, 0.25) is 0 Å². The number of nitrogens with one attached hydrogen (secondary N) is 2. The van der Waals surface area contributed by atoms with Crippen molar-refractivity contribution in [3.05, 3.63) is 88.5 Å². The fourth-order valence-electron chi connectivity index (χ4n) is 3.36. The molecule has 0 saturated heterocycles. The van der Waals surface area contributed by atoms with Gasteiger partial charge in [0.1, 0.15) is 12.4 Å². The van der Waals surface area contributed by atoms with Gasteiger partial charge in [0, 0.05) is 11.4 Å². The van der Waals surface area contributed by atoms with Crippen molar-refractivity contribution in [2.24, 2.45) is 0 Å². The molecular formula is C24H20F3N3O4S. The van der Waals surface area contributed by atoms with Crippen LogP contribution >= 0.6 is 11.8 Å². The van der Waals surface area contributed by atoms with E-state index in [1.165, 1.54) is 24.5 Å². The van der Waals surface area contributed by atoms with Crippen molar-refractivity contribution in [1.82, 2.24) is 5.32 Å². The van der Waals surface area contributed by atoms with E-state index in [4.69, 9.17) is 9.15 Å². The second-order valence-electron chi connectivity index (χ2n) is 7.27. The van der Waals surface area contributed by atoms with Crippen molar-refractivity contribution in [1.29, 1.82) is 5.26 Å². The van der Waals surface area contributed by atoms with E-state index >= 15 is 0 Å². The van der Waals surface area contributed by atoms with E-state index in [1.807, 2.05) is 0 Å². The molecule has 0 spiro atoms. The molecule has 1 aliphatic heterocycles. The average molecular weight is 504 g/mol. The summed E-state index contributed by atoms with van der Waals surface area (Å²) < 4.78 is 49.4. The van der Waals surface area contributed by atoms with E-state index in [-0.39, 0.29) is 29.2 Å². The summed E-state index contributed by atoms with van der Waals surface area (Å²) in [5.74, 6) is -1.98. The maximum Gasteiger partial charge on any atom is 0.416 e. The Morgan fingerprint density at radius 1 is 1.34 bits per heavy atom. The van der Waals surface area contributed by atoms with E-state index in [1.54, 1.807) is 19.1 Å². The summed E-state index contributed by atoms with van der Waals surface area (Å²) >= 11 is 0.971. The third-order valence-corrected chi connectivity index (χ3v) is 5.87. The molecule has 35 heavy (non-hydrogen) atoms. The van der Waals surface area contributed by atoms with Crippen LogP contribution in [0, 0.1) is 11.3 Å². The van der Waals surface area contributed by atoms with Gasteiger partial charge in [0.05, 0.1) is 45.7 Å². The first-order valence-electron chi connectivity index (χ1n) is 10.2. The standard InChI is InChI=1S/C24H20F3N3O4S/c1-3-9-34-23(32)20-14(2)29-22(17(12-28)21(20)18-8-5-10-33-18)35-13-19(31)30-16-7-4-6-15(11-16)24(25,26)27/h3-8,10-11,21,29H,1,9,13H2,2H3,(H,30,31)/t21-/m1/s1. The molecule has 0 fully saturated rings. The van der Waals surface area contributed by atoms with Gasteiger partial charge in [0.2, 0.25) is 5.91 Å². The lowest BCUT2D eigenvalue weighted by molar-refractivity contribution is -0.138. The lowest BCUT2D eigenvalue weighted by Crippen LogP contribution is -2.29. The summed E-state index contributed by atoms with van der Waals surface area (Å²) in [7, 11) is 0. The Hall–Kier alpha value is -3.91. The first-order chi connectivity index (χ1) is 16.7. The van der Waals surface area contributed by atoms with Gasteiger partial charge in [-0.2, -0.15) is 18.4 Å². The average Bonchev–Trinajstić information content (AvgIpc) is 3.35. The summed E-state index contributed by atoms with van der Waals surface area (Å²) in [6.45, 7) is 5.11. The number of furan rings is 1. The maximum atomic E-state index is 12.9. The predicted molar refractivity (Wildman–Crippen MR) is 124 cm³/mol. The minimum Gasteiger partial charge on any atom is -0.468 e. The zero-order valence-corrected chi connectivity index (χ0v) is 19.3. The molecule has 2 aromatic rings. The Labute approximate surface area is 203 Å². The molecule has 1 aromatic heterocycles. The Bertz CT molecular complexity index is 1230. The number of ether oxygens (including phenoxy) is 1. The largest absolute Gasteiger partial charge is 0.468 e. The molecule has 1 aliphatic rings. The van der Waals surface area contributed by atoms with Crippen molar-refractivity contribution < 1.29 is 31.9 Å². The molecule has 1 amide bonds. The van der Waals surface area contributed by atoms with Gasteiger partial charge in [-0.1, -0.05) is 30.5 Å². The second kappa shape index (κ2) is 11.0. The third kappa shape index (κ3) is 6.16. The fourth-order valence-corrected chi connectivity index (χ4v) is 4.25. The van der Waals surface area contributed by atoms with Gasteiger partial charge in [0.25, 0.3) is 0 Å². The Morgan fingerprint density at radius 2 is 2.11 bits per heavy atom. The van der Waals surface area contributed by atoms with Crippen LogP contribution in [0.1, 0.15) is 24.2 Å². The van der Waals surface area contributed by atoms with Crippen LogP contribution in [-0.2, 0) is 20.5 Å². The SMILES string of the molecule is C=CCOC(=O)C1=C(C)NC(SCC(=O)Nc2cccc(C(F)(F)F)c2)=C(C#N)[C@@H]1c1ccco1. The normalized spacial score (nSPS) is 15.8. The number of allylic oxidation sites excluding steroid dienone is 2. The maximum absolute atomic E-state index is 12.9. The monoisotopic (exact) mass is 503 g/mol. The summed E-state index contributed by atoms with van der Waals surface area (Å²) in [5.41, 5.74) is -0.179. The van der Waals surface area contributed by atoms with Gasteiger partial charge < -0.3 is 19.8 Å². The summed E-state index contributed by atoms with van der Waals surface area (Å²) in [6, 6.07) is 9.58. The number of nitriles is 1. The number of carbonyl (C=O) groups excluding carboxylic acids is 2. The number of amides is 1. The number of thioether (sulfide) groups is 1. The van der Waals surface area contributed by atoms with Crippen molar-refractivity contribution in [3.8, 4) is 6.07 Å². The van der Waals surface area contributed by atoms with Crippen LogP contribution in [0.25, 0.3) is 0 Å². The molecule has 0 unspecified atom stereocenters. The number of dihydropyridines is 1. The Balaban J connectivity index is 1.81. The molecule has 1 aromatic carbocycles. The molecule has 0 aliphatic carbocycles. The molecule has 1 atom stereocenters. The molecule has 182 valence electrons. The third-order valence-electron chi connectivity index (χ3n) is 4.85. The highest BCUT2D eigenvalue weighted by atomic mass is 32.2. The van der Waals surface area contributed by atoms with Gasteiger partial charge in [-0.3, -0.25) is 4.79 Å². The number of rotatable bonds is 8. The molecule has 2 heterocycles. The van der Waals surface area contributed by atoms with Crippen LogP contribution in [0.3, 0.4) is 0 Å². The second-order valence-corrected chi connectivity index (χ2v) is 8.25.